The molecule has 0 aliphatic heterocycles. The van der Waals surface area contributed by atoms with Gasteiger partial charge in [-0.2, -0.15) is 0 Å². The lowest BCUT2D eigenvalue weighted by atomic mass is 10.0. The number of unbranched alkanes of at least 4 members (excludes halogenated alkanes) is 1. The zero-order valence-electron chi connectivity index (χ0n) is 12.5. The average Bonchev–Trinajstić information content (AvgIpc) is 2.48. The summed E-state index contributed by atoms with van der Waals surface area (Å²) in [4.78, 5) is 11.5. The van der Waals surface area contributed by atoms with Crippen LogP contribution in [0.2, 0.25) is 0 Å². The Labute approximate surface area is 120 Å². The maximum absolute atomic E-state index is 11.5. The minimum absolute atomic E-state index is 0.0952. The summed E-state index contributed by atoms with van der Waals surface area (Å²) < 4.78 is 10.3. The average molecular weight is 280 g/mol. The first-order valence-electron chi connectivity index (χ1n) is 7.16. The molecule has 0 radical (unpaired) electrons. The van der Waals surface area contributed by atoms with Crippen LogP contribution in [0.25, 0.3) is 0 Å². The van der Waals surface area contributed by atoms with E-state index in [1.54, 1.807) is 6.07 Å². The SMILES string of the molecule is CCCCC(CC)COc1ccc(O)c(C(=O)OC)c1. The molecule has 0 fully saturated rings. The summed E-state index contributed by atoms with van der Waals surface area (Å²) in [6.45, 7) is 4.96. The van der Waals surface area contributed by atoms with Crippen molar-refractivity contribution in [2.24, 2.45) is 5.92 Å². The summed E-state index contributed by atoms with van der Waals surface area (Å²) in [5.74, 6) is 0.441. The molecule has 112 valence electrons. The van der Waals surface area contributed by atoms with E-state index in [1.807, 2.05) is 0 Å². The van der Waals surface area contributed by atoms with Crippen molar-refractivity contribution in [1.82, 2.24) is 0 Å². The highest BCUT2D eigenvalue weighted by molar-refractivity contribution is 5.92. The Kier molecular flexibility index (Phi) is 6.91. The lowest BCUT2D eigenvalue weighted by molar-refractivity contribution is 0.0597. The third-order valence-electron chi connectivity index (χ3n) is 3.40. The molecule has 0 aliphatic carbocycles. The predicted octanol–water partition coefficient (Wildman–Crippen LogP) is 3.77. The Balaban J connectivity index is 2.66. The summed E-state index contributed by atoms with van der Waals surface area (Å²) in [5.41, 5.74) is 0.131. The van der Waals surface area contributed by atoms with E-state index in [-0.39, 0.29) is 11.3 Å². The van der Waals surface area contributed by atoms with Crippen molar-refractivity contribution in [2.75, 3.05) is 13.7 Å². The maximum Gasteiger partial charge on any atom is 0.341 e. The van der Waals surface area contributed by atoms with Crippen molar-refractivity contribution >= 4 is 5.97 Å². The molecule has 1 unspecified atom stereocenters. The van der Waals surface area contributed by atoms with Crippen LogP contribution in [0, 0.1) is 5.92 Å². The van der Waals surface area contributed by atoms with Gasteiger partial charge in [-0.1, -0.05) is 33.1 Å². The molecule has 0 aromatic heterocycles. The Bertz CT molecular complexity index is 428. The topological polar surface area (TPSA) is 55.8 Å². The quantitative estimate of drug-likeness (QED) is 0.736. The molecule has 1 aromatic rings. The molecular formula is C16H24O4. The van der Waals surface area contributed by atoms with Crippen molar-refractivity contribution in [3.05, 3.63) is 23.8 Å². The first-order valence-corrected chi connectivity index (χ1v) is 7.16. The van der Waals surface area contributed by atoms with E-state index in [0.29, 0.717) is 18.3 Å². The van der Waals surface area contributed by atoms with Gasteiger partial charge in [0.05, 0.1) is 13.7 Å². The number of hydrogen-bond donors (Lipinski definition) is 1. The van der Waals surface area contributed by atoms with Crippen molar-refractivity contribution < 1.29 is 19.4 Å². The van der Waals surface area contributed by atoms with Crippen LogP contribution in [0.1, 0.15) is 49.9 Å². The number of benzene rings is 1. The van der Waals surface area contributed by atoms with Crippen LogP contribution in [-0.2, 0) is 4.74 Å². The maximum atomic E-state index is 11.5. The van der Waals surface area contributed by atoms with Crippen molar-refractivity contribution in [3.63, 3.8) is 0 Å². The normalized spacial score (nSPS) is 11.9. The van der Waals surface area contributed by atoms with Gasteiger partial charge in [-0.25, -0.2) is 4.79 Å². The van der Waals surface area contributed by atoms with Crippen LogP contribution in [0.3, 0.4) is 0 Å². The number of phenolic OH excluding ortho intramolecular Hbond substituents is 1. The highest BCUT2D eigenvalue weighted by atomic mass is 16.5. The van der Waals surface area contributed by atoms with E-state index in [1.165, 1.54) is 32.1 Å². The fraction of sp³-hybridized carbons (Fsp3) is 0.562. The number of methoxy groups -OCH3 is 1. The van der Waals surface area contributed by atoms with Crippen molar-refractivity contribution in [2.45, 2.75) is 39.5 Å². The fourth-order valence-electron chi connectivity index (χ4n) is 1.99. The summed E-state index contributed by atoms with van der Waals surface area (Å²) in [7, 11) is 1.28. The highest BCUT2D eigenvalue weighted by Crippen LogP contribution is 2.24. The van der Waals surface area contributed by atoms with E-state index in [9.17, 15) is 9.90 Å². The van der Waals surface area contributed by atoms with Crippen molar-refractivity contribution in [3.8, 4) is 11.5 Å². The molecule has 0 aliphatic rings. The highest BCUT2D eigenvalue weighted by Gasteiger charge is 2.13. The summed E-state index contributed by atoms with van der Waals surface area (Å²) in [6, 6.07) is 4.64. The molecule has 0 heterocycles. The van der Waals surface area contributed by atoms with E-state index in [2.05, 4.69) is 18.6 Å². The minimum atomic E-state index is -0.564. The first kappa shape index (κ1) is 16.3. The van der Waals surface area contributed by atoms with Crippen LogP contribution >= 0.6 is 0 Å². The molecule has 0 saturated heterocycles. The van der Waals surface area contributed by atoms with Gasteiger partial charge in [0.25, 0.3) is 0 Å². The number of carbonyl (C=O) groups excluding carboxylic acids is 1. The molecular weight excluding hydrogens is 256 g/mol. The van der Waals surface area contributed by atoms with Gasteiger partial charge in [-0.15, -0.1) is 0 Å². The number of rotatable bonds is 8. The zero-order chi connectivity index (χ0) is 15.0. The van der Waals surface area contributed by atoms with Crippen LogP contribution in [0.4, 0.5) is 0 Å². The number of hydrogen-bond acceptors (Lipinski definition) is 4. The zero-order valence-corrected chi connectivity index (χ0v) is 12.5. The lowest BCUT2D eigenvalue weighted by Crippen LogP contribution is -2.11. The molecule has 1 atom stereocenters. The largest absolute Gasteiger partial charge is 0.507 e. The molecule has 1 N–H and O–H groups in total. The van der Waals surface area contributed by atoms with Crippen molar-refractivity contribution in [1.29, 1.82) is 0 Å². The van der Waals surface area contributed by atoms with E-state index in [4.69, 9.17) is 4.74 Å². The Morgan fingerprint density at radius 1 is 1.35 bits per heavy atom. The summed E-state index contributed by atoms with van der Waals surface area (Å²) in [5, 5.41) is 9.62. The number of esters is 1. The number of phenols is 1. The molecule has 4 heteroatoms. The van der Waals surface area contributed by atoms with Crippen LogP contribution in [0.5, 0.6) is 11.5 Å². The third kappa shape index (κ3) is 4.76. The van der Waals surface area contributed by atoms with Crippen LogP contribution in [-0.4, -0.2) is 24.8 Å². The number of ether oxygens (including phenoxy) is 2. The van der Waals surface area contributed by atoms with E-state index < -0.39 is 5.97 Å². The van der Waals surface area contributed by atoms with Gasteiger partial charge in [0.2, 0.25) is 0 Å². The second-order valence-electron chi connectivity index (χ2n) is 4.90. The minimum Gasteiger partial charge on any atom is -0.507 e. The van der Waals surface area contributed by atoms with Gasteiger partial charge in [0, 0.05) is 0 Å². The molecule has 4 nitrogen and oxygen atoms in total. The van der Waals surface area contributed by atoms with Crippen LogP contribution in [0.15, 0.2) is 18.2 Å². The fourth-order valence-corrected chi connectivity index (χ4v) is 1.99. The lowest BCUT2D eigenvalue weighted by Gasteiger charge is -2.16. The predicted molar refractivity (Wildman–Crippen MR) is 78.2 cm³/mol. The van der Waals surface area contributed by atoms with E-state index >= 15 is 0 Å². The van der Waals surface area contributed by atoms with Gasteiger partial charge >= 0.3 is 5.97 Å². The monoisotopic (exact) mass is 280 g/mol. The third-order valence-corrected chi connectivity index (χ3v) is 3.40. The summed E-state index contributed by atoms with van der Waals surface area (Å²) in [6.07, 6.45) is 4.60. The summed E-state index contributed by atoms with van der Waals surface area (Å²) >= 11 is 0. The Hall–Kier alpha value is -1.71. The Morgan fingerprint density at radius 2 is 2.10 bits per heavy atom. The number of carbonyl (C=O) groups is 1. The van der Waals surface area contributed by atoms with Gasteiger partial charge in [-0.05, 0) is 30.5 Å². The number of aromatic hydroxyl groups is 1. The molecule has 0 spiro atoms. The second kappa shape index (κ2) is 8.46. The van der Waals surface area contributed by atoms with Gasteiger partial charge < -0.3 is 14.6 Å². The second-order valence-corrected chi connectivity index (χ2v) is 4.90. The van der Waals surface area contributed by atoms with E-state index in [0.717, 1.165) is 12.8 Å². The molecule has 1 rings (SSSR count). The standard InChI is InChI=1S/C16H24O4/c1-4-6-7-12(5-2)11-20-13-8-9-15(17)14(10-13)16(18)19-3/h8-10,12,17H,4-7,11H2,1-3H3. The van der Waals surface area contributed by atoms with Gasteiger partial charge in [-0.3, -0.25) is 0 Å². The molecule has 0 saturated carbocycles. The van der Waals surface area contributed by atoms with Gasteiger partial charge in [0.1, 0.15) is 17.1 Å². The molecule has 20 heavy (non-hydrogen) atoms. The first-order chi connectivity index (χ1) is 9.62. The van der Waals surface area contributed by atoms with Gasteiger partial charge in [0.15, 0.2) is 0 Å². The Morgan fingerprint density at radius 3 is 2.70 bits per heavy atom. The van der Waals surface area contributed by atoms with Crippen LogP contribution < -0.4 is 4.74 Å². The molecule has 0 bridgehead atoms. The molecule has 1 aromatic carbocycles. The molecule has 0 amide bonds. The smallest absolute Gasteiger partial charge is 0.341 e.